The standard InChI is InChI=1S/C17H26N2O.ClH/c1-16(2)12-19(11-10-14(16)18)15(20)17(3,4)13-8-6-5-7-9-13;/h5-9,14H,10-12,18H2,1-4H3;1H. The smallest absolute Gasteiger partial charge is 0.232 e. The minimum Gasteiger partial charge on any atom is -0.341 e. The van der Waals surface area contributed by atoms with Gasteiger partial charge >= 0.3 is 0 Å². The predicted molar refractivity (Wildman–Crippen MR) is 89.7 cm³/mol. The van der Waals surface area contributed by atoms with Gasteiger partial charge in [-0.25, -0.2) is 0 Å². The third-order valence-corrected chi connectivity index (χ3v) is 4.63. The fourth-order valence-electron chi connectivity index (χ4n) is 2.92. The highest BCUT2D eigenvalue weighted by Crippen LogP contribution is 2.32. The van der Waals surface area contributed by atoms with Crippen molar-refractivity contribution in [1.82, 2.24) is 4.90 Å². The molecule has 0 aromatic heterocycles. The summed E-state index contributed by atoms with van der Waals surface area (Å²) in [6, 6.07) is 10.2. The number of hydrogen-bond acceptors (Lipinski definition) is 2. The van der Waals surface area contributed by atoms with Crippen molar-refractivity contribution in [3.05, 3.63) is 35.9 Å². The minimum absolute atomic E-state index is 0. The van der Waals surface area contributed by atoms with E-state index in [2.05, 4.69) is 13.8 Å². The summed E-state index contributed by atoms with van der Waals surface area (Å²) in [6.45, 7) is 9.81. The summed E-state index contributed by atoms with van der Waals surface area (Å²) in [5.41, 5.74) is 6.72. The molecule has 118 valence electrons. The van der Waals surface area contributed by atoms with Gasteiger partial charge in [0.1, 0.15) is 0 Å². The summed E-state index contributed by atoms with van der Waals surface area (Å²) < 4.78 is 0. The van der Waals surface area contributed by atoms with E-state index in [1.807, 2.05) is 49.1 Å². The minimum atomic E-state index is -0.487. The lowest BCUT2D eigenvalue weighted by Gasteiger charge is -2.45. The van der Waals surface area contributed by atoms with Crippen LogP contribution in [0.15, 0.2) is 30.3 Å². The Kier molecular flexibility index (Phi) is 5.46. The van der Waals surface area contributed by atoms with Crippen LogP contribution in [-0.4, -0.2) is 29.9 Å². The zero-order valence-electron chi connectivity index (χ0n) is 13.4. The van der Waals surface area contributed by atoms with Crippen molar-refractivity contribution < 1.29 is 4.79 Å². The SMILES string of the molecule is CC(C)(C(=O)N1CCC(N)C(C)(C)C1)c1ccccc1.Cl. The second-order valence-corrected chi connectivity index (χ2v) is 7.10. The monoisotopic (exact) mass is 310 g/mol. The van der Waals surface area contributed by atoms with Crippen LogP contribution in [0.4, 0.5) is 0 Å². The maximum absolute atomic E-state index is 12.9. The normalized spacial score (nSPS) is 21.6. The van der Waals surface area contributed by atoms with Crippen LogP contribution in [-0.2, 0) is 10.2 Å². The molecule has 0 spiro atoms. The number of benzene rings is 1. The number of halogens is 1. The Morgan fingerprint density at radius 3 is 2.38 bits per heavy atom. The number of hydrogen-bond donors (Lipinski definition) is 1. The lowest BCUT2D eigenvalue weighted by molar-refractivity contribution is -0.139. The van der Waals surface area contributed by atoms with Crippen molar-refractivity contribution in [2.75, 3.05) is 13.1 Å². The molecule has 1 aromatic carbocycles. The molecular weight excluding hydrogens is 284 g/mol. The van der Waals surface area contributed by atoms with Gasteiger partial charge in [0.15, 0.2) is 0 Å². The van der Waals surface area contributed by atoms with Gasteiger partial charge in [0.2, 0.25) is 5.91 Å². The molecule has 1 aliphatic rings. The highest BCUT2D eigenvalue weighted by Gasteiger charge is 2.40. The average Bonchev–Trinajstić information content (AvgIpc) is 2.42. The molecule has 2 rings (SSSR count). The van der Waals surface area contributed by atoms with Crippen LogP contribution in [0.25, 0.3) is 0 Å². The lowest BCUT2D eigenvalue weighted by atomic mass is 9.77. The van der Waals surface area contributed by atoms with Gasteiger partial charge in [-0.05, 0) is 31.2 Å². The van der Waals surface area contributed by atoms with Crippen LogP contribution < -0.4 is 5.73 Å². The molecule has 1 saturated heterocycles. The number of amides is 1. The molecule has 1 aliphatic heterocycles. The number of likely N-dealkylation sites (tertiary alicyclic amines) is 1. The average molecular weight is 311 g/mol. The van der Waals surface area contributed by atoms with E-state index in [-0.39, 0.29) is 29.8 Å². The van der Waals surface area contributed by atoms with Crippen molar-refractivity contribution >= 4 is 18.3 Å². The Morgan fingerprint density at radius 2 is 1.86 bits per heavy atom. The number of nitrogens with zero attached hydrogens (tertiary/aromatic N) is 1. The topological polar surface area (TPSA) is 46.3 Å². The third kappa shape index (κ3) is 3.58. The number of piperidine rings is 1. The highest BCUT2D eigenvalue weighted by atomic mass is 35.5. The van der Waals surface area contributed by atoms with E-state index in [4.69, 9.17) is 5.73 Å². The molecule has 0 radical (unpaired) electrons. The Balaban J connectivity index is 0.00000220. The second-order valence-electron chi connectivity index (χ2n) is 7.10. The van der Waals surface area contributed by atoms with E-state index in [9.17, 15) is 4.79 Å². The predicted octanol–water partition coefficient (Wildman–Crippen LogP) is 2.97. The van der Waals surface area contributed by atoms with Crippen molar-refractivity contribution in [2.45, 2.75) is 45.6 Å². The van der Waals surface area contributed by atoms with Gasteiger partial charge in [-0.3, -0.25) is 4.79 Å². The molecule has 21 heavy (non-hydrogen) atoms. The summed E-state index contributed by atoms with van der Waals surface area (Å²) in [5.74, 6) is 0.198. The first-order valence-electron chi connectivity index (χ1n) is 7.35. The van der Waals surface area contributed by atoms with Crippen LogP contribution in [0.3, 0.4) is 0 Å². The zero-order valence-corrected chi connectivity index (χ0v) is 14.2. The molecule has 1 amide bonds. The molecule has 0 aliphatic carbocycles. The first kappa shape index (κ1) is 18.0. The zero-order chi connectivity index (χ0) is 15.0. The molecule has 1 atom stereocenters. The molecule has 1 aromatic rings. The van der Waals surface area contributed by atoms with Gasteiger partial charge in [0, 0.05) is 19.1 Å². The molecule has 0 bridgehead atoms. The van der Waals surface area contributed by atoms with E-state index in [1.54, 1.807) is 0 Å². The molecule has 1 heterocycles. The van der Waals surface area contributed by atoms with Crippen LogP contribution in [0.2, 0.25) is 0 Å². The maximum atomic E-state index is 12.9. The highest BCUT2D eigenvalue weighted by molar-refractivity contribution is 5.87. The number of rotatable bonds is 2. The first-order chi connectivity index (χ1) is 9.25. The summed E-state index contributed by atoms with van der Waals surface area (Å²) in [7, 11) is 0. The quantitative estimate of drug-likeness (QED) is 0.913. The van der Waals surface area contributed by atoms with Gasteiger partial charge < -0.3 is 10.6 Å². The fraction of sp³-hybridized carbons (Fsp3) is 0.588. The summed E-state index contributed by atoms with van der Waals surface area (Å²) in [4.78, 5) is 14.9. The summed E-state index contributed by atoms with van der Waals surface area (Å²) in [6.07, 6.45) is 0.879. The molecule has 0 saturated carbocycles. The van der Waals surface area contributed by atoms with Gasteiger partial charge in [0.25, 0.3) is 0 Å². The first-order valence-corrected chi connectivity index (χ1v) is 7.35. The largest absolute Gasteiger partial charge is 0.341 e. The summed E-state index contributed by atoms with van der Waals surface area (Å²) >= 11 is 0. The second kappa shape index (κ2) is 6.37. The third-order valence-electron chi connectivity index (χ3n) is 4.63. The van der Waals surface area contributed by atoms with E-state index >= 15 is 0 Å². The molecule has 3 nitrogen and oxygen atoms in total. The fourth-order valence-corrected chi connectivity index (χ4v) is 2.92. The van der Waals surface area contributed by atoms with Gasteiger partial charge in [-0.15, -0.1) is 12.4 Å². The number of carbonyl (C=O) groups excluding carboxylic acids is 1. The lowest BCUT2D eigenvalue weighted by Crippen LogP contribution is -2.56. The molecule has 1 fully saturated rings. The Morgan fingerprint density at radius 1 is 1.29 bits per heavy atom. The van der Waals surface area contributed by atoms with Gasteiger partial charge in [-0.2, -0.15) is 0 Å². The van der Waals surface area contributed by atoms with Crippen LogP contribution in [0.5, 0.6) is 0 Å². The van der Waals surface area contributed by atoms with Gasteiger partial charge in [-0.1, -0.05) is 44.2 Å². The Hall–Kier alpha value is -1.06. The molecule has 4 heteroatoms. The van der Waals surface area contributed by atoms with E-state index in [1.165, 1.54) is 0 Å². The van der Waals surface area contributed by atoms with Crippen LogP contribution >= 0.6 is 12.4 Å². The van der Waals surface area contributed by atoms with Crippen molar-refractivity contribution in [3.8, 4) is 0 Å². The number of nitrogens with two attached hydrogens (primary N) is 1. The molecule has 1 unspecified atom stereocenters. The Bertz CT molecular complexity index is 485. The van der Waals surface area contributed by atoms with Crippen LogP contribution in [0, 0.1) is 5.41 Å². The van der Waals surface area contributed by atoms with Crippen molar-refractivity contribution in [2.24, 2.45) is 11.1 Å². The summed E-state index contributed by atoms with van der Waals surface area (Å²) in [5, 5.41) is 0. The van der Waals surface area contributed by atoms with Gasteiger partial charge in [0.05, 0.1) is 5.41 Å². The molecule has 2 N–H and O–H groups in total. The van der Waals surface area contributed by atoms with Crippen molar-refractivity contribution in [3.63, 3.8) is 0 Å². The number of carbonyl (C=O) groups is 1. The van der Waals surface area contributed by atoms with E-state index in [0.29, 0.717) is 0 Å². The Labute approximate surface area is 134 Å². The van der Waals surface area contributed by atoms with Crippen molar-refractivity contribution in [1.29, 1.82) is 0 Å². The van der Waals surface area contributed by atoms with E-state index < -0.39 is 5.41 Å². The maximum Gasteiger partial charge on any atom is 0.232 e. The van der Waals surface area contributed by atoms with E-state index in [0.717, 1.165) is 25.1 Å². The van der Waals surface area contributed by atoms with Crippen LogP contribution in [0.1, 0.15) is 39.7 Å². The molecular formula is C17H27ClN2O.